The Labute approximate surface area is 111 Å². The van der Waals surface area contributed by atoms with Gasteiger partial charge in [-0.25, -0.2) is 15.0 Å². The summed E-state index contributed by atoms with van der Waals surface area (Å²) in [5.74, 6) is 1.02. The maximum Gasteiger partial charge on any atom is 0.132 e. The van der Waals surface area contributed by atoms with E-state index in [-0.39, 0.29) is 0 Å². The first-order chi connectivity index (χ1) is 8.93. The van der Waals surface area contributed by atoms with Gasteiger partial charge < -0.3 is 5.32 Å². The van der Waals surface area contributed by atoms with Crippen molar-refractivity contribution >= 4 is 17.2 Å². The molecular formula is C13H16N4S. The van der Waals surface area contributed by atoms with E-state index in [1.54, 1.807) is 17.7 Å². The molecule has 0 amide bonds. The SMILES string of the molecule is c1nc2c(c(NCCc3cscn3)n1)CCCC2. The van der Waals surface area contributed by atoms with E-state index in [1.165, 1.54) is 24.1 Å². The molecule has 0 atom stereocenters. The number of hydrogen-bond donors (Lipinski definition) is 1. The van der Waals surface area contributed by atoms with Crippen molar-refractivity contribution < 1.29 is 0 Å². The van der Waals surface area contributed by atoms with Gasteiger partial charge in [-0.05, 0) is 25.7 Å². The fourth-order valence-electron chi connectivity index (χ4n) is 2.34. The molecule has 1 aliphatic rings. The fourth-order valence-corrected chi connectivity index (χ4v) is 2.94. The molecule has 94 valence electrons. The van der Waals surface area contributed by atoms with Gasteiger partial charge in [0.1, 0.15) is 12.1 Å². The van der Waals surface area contributed by atoms with Crippen molar-refractivity contribution in [3.8, 4) is 0 Å². The first kappa shape index (κ1) is 11.6. The predicted octanol–water partition coefficient (Wildman–Crippen LogP) is 2.47. The van der Waals surface area contributed by atoms with E-state index >= 15 is 0 Å². The minimum atomic E-state index is 0.882. The van der Waals surface area contributed by atoms with Crippen molar-refractivity contribution in [1.82, 2.24) is 15.0 Å². The number of aromatic nitrogens is 3. The summed E-state index contributed by atoms with van der Waals surface area (Å²) < 4.78 is 0. The molecule has 3 rings (SSSR count). The fraction of sp³-hybridized carbons (Fsp3) is 0.462. The highest BCUT2D eigenvalue weighted by molar-refractivity contribution is 7.07. The van der Waals surface area contributed by atoms with Crippen LogP contribution < -0.4 is 5.32 Å². The summed E-state index contributed by atoms with van der Waals surface area (Å²) in [4.78, 5) is 13.0. The highest BCUT2D eigenvalue weighted by atomic mass is 32.1. The molecule has 2 aromatic heterocycles. The minimum Gasteiger partial charge on any atom is -0.369 e. The van der Waals surface area contributed by atoms with E-state index in [9.17, 15) is 0 Å². The summed E-state index contributed by atoms with van der Waals surface area (Å²) in [6.07, 6.45) is 7.33. The van der Waals surface area contributed by atoms with Crippen LogP contribution in [0.1, 0.15) is 29.8 Å². The summed E-state index contributed by atoms with van der Waals surface area (Å²) in [5.41, 5.74) is 5.58. The number of aryl methyl sites for hydroxylation is 1. The first-order valence-electron chi connectivity index (χ1n) is 6.37. The van der Waals surface area contributed by atoms with Crippen LogP contribution in [0, 0.1) is 0 Å². The second-order valence-corrected chi connectivity index (χ2v) is 5.23. The monoisotopic (exact) mass is 260 g/mol. The number of hydrogen-bond acceptors (Lipinski definition) is 5. The van der Waals surface area contributed by atoms with Crippen molar-refractivity contribution in [1.29, 1.82) is 0 Å². The van der Waals surface area contributed by atoms with Gasteiger partial charge in [-0.3, -0.25) is 0 Å². The molecule has 0 bridgehead atoms. The van der Waals surface area contributed by atoms with Gasteiger partial charge >= 0.3 is 0 Å². The molecule has 2 heterocycles. The Kier molecular flexibility index (Phi) is 3.50. The molecule has 0 spiro atoms. The second kappa shape index (κ2) is 5.44. The molecule has 4 nitrogen and oxygen atoms in total. The maximum atomic E-state index is 4.38. The van der Waals surface area contributed by atoms with Gasteiger partial charge in [-0.2, -0.15) is 0 Å². The normalized spacial score (nSPS) is 14.2. The van der Waals surface area contributed by atoms with Crippen molar-refractivity contribution in [3.63, 3.8) is 0 Å². The van der Waals surface area contributed by atoms with Crippen LogP contribution >= 0.6 is 11.3 Å². The Balaban J connectivity index is 1.65. The zero-order valence-corrected chi connectivity index (χ0v) is 11.0. The van der Waals surface area contributed by atoms with Gasteiger partial charge in [0, 0.05) is 29.6 Å². The molecular weight excluding hydrogens is 244 g/mol. The van der Waals surface area contributed by atoms with Crippen molar-refractivity contribution in [2.75, 3.05) is 11.9 Å². The van der Waals surface area contributed by atoms with Crippen LogP contribution in [-0.4, -0.2) is 21.5 Å². The highest BCUT2D eigenvalue weighted by Crippen LogP contribution is 2.24. The Bertz CT molecular complexity index is 510. The van der Waals surface area contributed by atoms with Gasteiger partial charge in [0.05, 0.1) is 11.2 Å². The zero-order valence-electron chi connectivity index (χ0n) is 10.2. The third kappa shape index (κ3) is 2.51. The number of anilines is 1. The number of nitrogens with zero attached hydrogens (tertiary/aromatic N) is 3. The van der Waals surface area contributed by atoms with Crippen LogP contribution in [-0.2, 0) is 19.3 Å². The molecule has 1 aliphatic carbocycles. The molecule has 0 unspecified atom stereocenters. The number of rotatable bonds is 4. The molecule has 0 fully saturated rings. The van der Waals surface area contributed by atoms with E-state index in [1.807, 2.05) is 5.51 Å². The Morgan fingerprint density at radius 3 is 3.00 bits per heavy atom. The lowest BCUT2D eigenvalue weighted by Gasteiger charge is -2.17. The van der Waals surface area contributed by atoms with Gasteiger partial charge in [0.15, 0.2) is 0 Å². The number of fused-ring (bicyclic) bond motifs is 1. The van der Waals surface area contributed by atoms with Crippen LogP contribution in [0.5, 0.6) is 0 Å². The first-order valence-corrected chi connectivity index (χ1v) is 7.31. The maximum absolute atomic E-state index is 4.38. The van der Waals surface area contributed by atoms with Gasteiger partial charge in [-0.1, -0.05) is 0 Å². The standard InChI is InChI=1S/C13H16N4S/c1-2-4-12-11(3-1)13(16-8-15-12)14-6-5-10-7-18-9-17-10/h7-9H,1-6H2,(H,14,15,16). The minimum absolute atomic E-state index is 0.882. The Morgan fingerprint density at radius 2 is 2.11 bits per heavy atom. The van der Waals surface area contributed by atoms with E-state index in [0.29, 0.717) is 0 Å². The van der Waals surface area contributed by atoms with Gasteiger partial charge in [0.25, 0.3) is 0 Å². The lowest BCUT2D eigenvalue weighted by molar-refractivity contribution is 0.663. The average molecular weight is 260 g/mol. The van der Waals surface area contributed by atoms with E-state index in [4.69, 9.17) is 0 Å². The third-order valence-corrected chi connectivity index (χ3v) is 3.92. The lowest BCUT2D eigenvalue weighted by atomic mass is 9.96. The smallest absolute Gasteiger partial charge is 0.132 e. The van der Waals surface area contributed by atoms with Crippen LogP contribution in [0.15, 0.2) is 17.2 Å². The molecule has 0 radical (unpaired) electrons. The topological polar surface area (TPSA) is 50.7 Å². The summed E-state index contributed by atoms with van der Waals surface area (Å²) in [6.45, 7) is 0.882. The van der Waals surface area contributed by atoms with Crippen LogP contribution in [0.25, 0.3) is 0 Å². The van der Waals surface area contributed by atoms with E-state index in [2.05, 4.69) is 25.6 Å². The molecule has 18 heavy (non-hydrogen) atoms. The average Bonchev–Trinajstić information content (AvgIpc) is 2.92. The Morgan fingerprint density at radius 1 is 1.17 bits per heavy atom. The molecule has 0 saturated heterocycles. The number of nitrogens with one attached hydrogen (secondary N) is 1. The van der Waals surface area contributed by atoms with E-state index in [0.717, 1.165) is 37.3 Å². The predicted molar refractivity (Wildman–Crippen MR) is 73.0 cm³/mol. The third-order valence-electron chi connectivity index (χ3n) is 3.28. The van der Waals surface area contributed by atoms with Crippen LogP contribution in [0.3, 0.4) is 0 Å². The van der Waals surface area contributed by atoms with Crippen molar-refractivity contribution in [2.24, 2.45) is 0 Å². The lowest BCUT2D eigenvalue weighted by Crippen LogP contribution is -2.13. The largest absolute Gasteiger partial charge is 0.369 e. The van der Waals surface area contributed by atoms with Crippen LogP contribution in [0.4, 0.5) is 5.82 Å². The summed E-state index contributed by atoms with van der Waals surface area (Å²) in [6, 6.07) is 0. The zero-order chi connectivity index (χ0) is 12.2. The molecule has 0 aliphatic heterocycles. The van der Waals surface area contributed by atoms with Crippen molar-refractivity contribution in [3.05, 3.63) is 34.2 Å². The van der Waals surface area contributed by atoms with Crippen LogP contribution in [0.2, 0.25) is 0 Å². The van der Waals surface area contributed by atoms with E-state index < -0.39 is 0 Å². The second-order valence-electron chi connectivity index (χ2n) is 4.51. The summed E-state index contributed by atoms with van der Waals surface area (Å²) >= 11 is 1.64. The van der Waals surface area contributed by atoms with Gasteiger partial charge in [-0.15, -0.1) is 11.3 Å². The molecule has 2 aromatic rings. The molecule has 0 saturated carbocycles. The summed E-state index contributed by atoms with van der Waals surface area (Å²) in [7, 11) is 0. The molecule has 0 aromatic carbocycles. The molecule has 1 N–H and O–H groups in total. The molecule has 5 heteroatoms. The Hall–Kier alpha value is -1.49. The summed E-state index contributed by atoms with van der Waals surface area (Å²) in [5, 5.41) is 5.52. The number of thiazole rings is 1. The van der Waals surface area contributed by atoms with Crippen molar-refractivity contribution in [2.45, 2.75) is 32.1 Å². The quantitative estimate of drug-likeness (QED) is 0.917. The highest BCUT2D eigenvalue weighted by Gasteiger charge is 2.14. The van der Waals surface area contributed by atoms with Gasteiger partial charge in [0.2, 0.25) is 0 Å².